The monoisotopic (exact) mass is 494 g/mol. The predicted octanol–water partition coefficient (Wildman–Crippen LogP) is 0.501. The molecular formula is C22H17Na3O9. The minimum atomic E-state index is -1.47. The summed E-state index contributed by atoms with van der Waals surface area (Å²) < 4.78 is 0. The van der Waals surface area contributed by atoms with E-state index >= 15 is 0 Å². The molecule has 1 aliphatic carbocycles. The Morgan fingerprint density at radius 1 is 0.647 bits per heavy atom. The van der Waals surface area contributed by atoms with Crippen LogP contribution in [0.1, 0.15) is 31.8 Å². The number of hydrogen-bond donors (Lipinski definition) is 5. The number of carbonyl (C=O) groups excluding carboxylic acids is 1. The quantitative estimate of drug-likeness (QED) is 0.293. The molecule has 3 rings (SSSR count). The maximum absolute atomic E-state index is 11.9. The predicted molar refractivity (Wildman–Crippen MR) is 127 cm³/mol. The van der Waals surface area contributed by atoms with Crippen LogP contribution >= 0.6 is 0 Å². The molecule has 0 aromatic heterocycles. The summed E-state index contributed by atoms with van der Waals surface area (Å²) in [6.45, 7) is 0. The first-order valence-electron chi connectivity index (χ1n) is 8.65. The second kappa shape index (κ2) is 13.4. The number of aromatic hydroxyl groups is 2. The summed E-state index contributed by atoms with van der Waals surface area (Å²) in [7, 11) is 0. The van der Waals surface area contributed by atoms with Crippen LogP contribution in [-0.4, -0.2) is 138 Å². The van der Waals surface area contributed by atoms with Crippen LogP contribution in [0.2, 0.25) is 0 Å². The minimum absolute atomic E-state index is 0. The molecule has 162 valence electrons. The summed E-state index contributed by atoms with van der Waals surface area (Å²) in [4.78, 5) is 46.2. The van der Waals surface area contributed by atoms with Gasteiger partial charge in [0.2, 0.25) is 0 Å². The Morgan fingerprint density at radius 3 is 1.47 bits per heavy atom. The van der Waals surface area contributed by atoms with Gasteiger partial charge in [0.15, 0.2) is 5.78 Å². The number of carboxylic acids is 3. The average Bonchev–Trinajstić information content (AvgIpc) is 2.71. The number of aromatic carboxylic acids is 2. The van der Waals surface area contributed by atoms with Crippen molar-refractivity contribution < 1.29 is 44.7 Å². The summed E-state index contributed by atoms with van der Waals surface area (Å²) in [6.07, 6.45) is 3.42. The Labute approximate surface area is 259 Å². The molecule has 0 bridgehead atoms. The zero-order valence-corrected chi connectivity index (χ0v) is 15.6. The Bertz CT molecular complexity index is 1190. The third-order valence-corrected chi connectivity index (χ3v) is 4.53. The third-order valence-electron chi connectivity index (χ3n) is 4.53. The summed E-state index contributed by atoms with van der Waals surface area (Å²) >= 11 is 0. The van der Waals surface area contributed by atoms with Gasteiger partial charge >= 0.3 is 107 Å². The van der Waals surface area contributed by atoms with E-state index in [4.69, 9.17) is 0 Å². The van der Waals surface area contributed by atoms with Gasteiger partial charge in [0.05, 0.1) is 0 Å². The van der Waals surface area contributed by atoms with Crippen LogP contribution in [0.4, 0.5) is 0 Å². The van der Waals surface area contributed by atoms with E-state index in [1.54, 1.807) is 0 Å². The van der Waals surface area contributed by atoms with Crippen LogP contribution in [0.5, 0.6) is 11.5 Å². The van der Waals surface area contributed by atoms with E-state index < -0.39 is 51.9 Å². The van der Waals surface area contributed by atoms with Crippen LogP contribution in [0.25, 0.3) is 5.57 Å². The van der Waals surface area contributed by atoms with Crippen molar-refractivity contribution in [3.8, 4) is 11.5 Å². The molecule has 2 aromatic carbocycles. The fourth-order valence-electron chi connectivity index (χ4n) is 3.08. The van der Waals surface area contributed by atoms with Crippen LogP contribution in [-0.2, 0) is 9.59 Å². The number of rotatable bonds is 5. The first-order chi connectivity index (χ1) is 14.6. The molecule has 0 radical (unpaired) electrons. The third kappa shape index (κ3) is 6.94. The molecule has 0 unspecified atom stereocenters. The van der Waals surface area contributed by atoms with Gasteiger partial charge < -0.3 is 25.5 Å². The fraction of sp³-hybridized carbons (Fsp3) is 0. The Kier molecular flexibility index (Phi) is 12.8. The van der Waals surface area contributed by atoms with Crippen LogP contribution in [0, 0.1) is 0 Å². The van der Waals surface area contributed by atoms with E-state index in [1.807, 2.05) is 0 Å². The maximum atomic E-state index is 11.9. The van der Waals surface area contributed by atoms with E-state index in [0.29, 0.717) is 0 Å². The van der Waals surface area contributed by atoms with Crippen molar-refractivity contribution in [2.45, 2.75) is 0 Å². The van der Waals surface area contributed by atoms with Crippen LogP contribution < -0.4 is 0 Å². The number of allylic oxidation sites excluding steroid dienone is 4. The number of hydrogen-bond acceptors (Lipinski definition) is 6. The van der Waals surface area contributed by atoms with E-state index in [1.165, 1.54) is 18.2 Å². The Hall–Kier alpha value is -1.66. The van der Waals surface area contributed by atoms with Crippen molar-refractivity contribution in [2.24, 2.45) is 0 Å². The van der Waals surface area contributed by atoms with Gasteiger partial charge in [-0.1, -0.05) is 18.2 Å². The number of aliphatic carboxylic acids is 1. The van der Waals surface area contributed by atoms with E-state index in [9.17, 15) is 44.7 Å². The first kappa shape index (κ1) is 32.3. The molecule has 0 heterocycles. The molecule has 0 saturated carbocycles. The van der Waals surface area contributed by atoms with Gasteiger partial charge in [0.1, 0.15) is 28.2 Å². The molecule has 12 heteroatoms. The standard InChI is InChI=1S/C22H14O9.3Na.3H/c23-16-4-1-10(7-13(16)20(26)27)19(11-2-5-17(24)14(8-11)21(28)29)12-3-6-18(25)15(9-12)22(30)31;;;;;;/h1-9,23-24H,(H,26,27)(H,28,29)(H,30,31);;;;;;. The summed E-state index contributed by atoms with van der Waals surface area (Å²) in [5.41, 5.74) is -0.644. The molecule has 5 N–H and O–H groups in total. The van der Waals surface area contributed by atoms with Gasteiger partial charge in [0.25, 0.3) is 0 Å². The van der Waals surface area contributed by atoms with Crippen molar-refractivity contribution in [1.82, 2.24) is 0 Å². The molecule has 2 aromatic rings. The number of phenols is 2. The van der Waals surface area contributed by atoms with E-state index in [0.717, 1.165) is 36.4 Å². The topological polar surface area (TPSA) is 169 Å². The van der Waals surface area contributed by atoms with Gasteiger partial charge in [-0.05, 0) is 58.7 Å². The molecule has 34 heavy (non-hydrogen) atoms. The van der Waals surface area contributed by atoms with E-state index in [2.05, 4.69) is 0 Å². The molecule has 1 aliphatic rings. The molecule has 0 saturated heterocycles. The molecule has 0 atom stereocenters. The van der Waals surface area contributed by atoms with E-state index in [-0.39, 0.29) is 111 Å². The Morgan fingerprint density at radius 2 is 1.09 bits per heavy atom. The summed E-state index contributed by atoms with van der Waals surface area (Å²) in [5, 5.41) is 47.6. The fourth-order valence-corrected chi connectivity index (χ4v) is 3.08. The zero-order chi connectivity index (χ0) is 22.9. The number of benzene rings is 2. The van der Waals surface area contributed by atoms with Crippen molar-refractivity contribution in [3.05, 3.63) is 88.0 Å². The van der Waals surface area contributed by atoms with Gasteiger partial charge in [0, 0.05) is 0 Å². The zero-order valence-electron chi connectivity index (χ0n) is 15.6. The number of carbonyl (C=O) groups is 4. The summed E-state index contributed by atoms with van der Waals surface area (Å²) in [5.74, 6) is -6.07. The van der Waals surface area contributed by atoms with Crippen LogP contribution in [0.3, 0.4) is 0 Å². The Balaban J connectivity index is 0.00000363. The van der Waals surface area contributed by atoms with Gasteiger partial charge in [-0.25, -0.2) is 14.4 Å². The van der Waals surface area contributed by atoms with Gasteiger partial charge in [-0.2, -0.15) is 0 Å². The molecule has 0 amide bonds. The molecule has 9 nitrogen and oxygen atoms in total. The molecule has 0 aliphatic heterocycles. The van der Waals surface area contributed by atoms with Crippen LogP contribution in [0.15, 0.2) is 65.8 Å². The van der Waals surface area contributed by atoms with Crippen molar-refractivity contribution >= 4 is 118 Å². The number of carboxylic acid groups (broad SMARTS) is 3. The van der Waals surface area contributed by atoms with Gasteiger partial charge in [-0.3, -0.25) is 4.79 Å². The molecule has 0 spiro atoms. The first-order valence-corrected chi connectivity index (χ1v) is 8.65. The second-order valence-electron chi connectivity index (χ2n) is 6.47. The van der Waals surface area contributed by atoms with Crippen molar-refractivity contribution in [3.63, 3.8) is 0 Å². The average molecular weight is 494 g/mol. The SMILES string of the molecule is O=C(O)C1=CC(=C(c2ccc(O)c(C(=O)O)c2)c2ccc(O)c(C(=O)O)c2)C=CC1=O.[NaH].[NaH].[NaH]. The molecule has 0 fully saturated rings. The normalized spacial score (nSPS) is 11.8. The van der Waals surface area contributed by atoms with Gasteiger partial charge in [-0.15, -0.1) is 0 Å². The summed E-state index contributed by atoms with van der Waals surface area (Å²) in [6, 6.07) is 7.22. The molecular weight excluding hydrogens is 477 g/mol. The second-order valence-corrected chi connectivity index (χ2v) is 6.47. The van der Waals surface area contributed by atoms with Crippen molar-refractivity contribution in [2.75, 3.05) is 0 Å². The van der Waals surface area contributed by atoms with Crippen molar-refractivity contribution in [1.29, 1.82) is 0 Å². The number of ketones is 1.